The lowest BCUT2D eigenvalue weighted by Gasteiger charge is -2.26. The predicted molar refractivity (Wildman–Crippen MR) is 102 cm³/mol. The highest BCUT2D eigenvalue weighted by Crippen LogP contribution is 2.26. The van der Waals surface area contributed by atoms with E-state index in [0.29, 0.717) is 25.2 Å². The van der Waals surface area contributed by atoms with Gasteiger partial charge in [-0.05, 0) is 43.5 Å². The van der Waals surface area contributed by atoms with Gasteiger partial charge in [0.2, 0.25) is 5.91 Å². The van der Waals surface area contributed by atoms with Crippen LogP contribution in [0.2, 0.25) is 0 Å². The largest absolute Gasteiger partial charge is 0.493 e. The van der Waals surface area contributed by atoms with Crippen LogP contribution in [-0.4, -0.2) is 25.1 Å². The second-order valence-electron chi connectivity index (χ2n) is 6.31. The Morgan fingerprint density at radius 1 is 1.23 bits per heavy atom. The van der Waals surface area contributed by atoms with Crippen LogP contribution in [-0.2, 0) is 4.79 Å². The Morgan fingerprint density at radius 2 is 2.08 bits per heavy atom. The minimum atomic E-state index is -0.155. The van der Waals surface area contributed by atoms with E-state index >= 15 is 0 Å². The Bertz CT molecular complexity index is 770. The molecule has 1 amide bonds. The number of nitriles is 1. The Labute approximate surface area is 154 Å². The minimum absolute atomic E-state index is 0.00739. The molecule has 134 valence electrons. The molecule has 0 aromatic heterocycles. The molecule has 0 unspecified atom stereocenters. The van der Waals surface area contributed by atoms with Crippen molar-refractivity contribution in [3.05, 3.63) is 54.6 Å². The van der Waals surface area contributed by atoms with Crippen molar-refractivity contribution in [2.45, 2.75) is 31.7 Å². The van der Waals surface area contributed by atoms with E-state index in [1.807, 2.05) is 54.6 Å². The molecule has 0 spiro atoms. The van der Waals surface area contributed by atoms with E-state index in [1.165, 1.54) is 0 Å². The van der Waals surface area contributed by atoms with Crippen LogP contribution in [0, 0.1) is 11.3 Å². The maximum Gasteiger partial charge on any atom is 0.247 e. The highest BCUT2D eigenvalue weighted by Gasteiger charge is 2.30. The summed E-state index contributed by atoms with van der Waals surface area (Å²) < 4.78 is 5.63. The van der Waals surface area contributed by atoms with Crippen LogP contribution in [0.15, 0.2) is 54.6 Å². The average molecular weight is 349 g/mol. The maximum absolute atomic E-state index is 12.8. The van der Waals surface area contributed by atoms with Gasteiger partial charge in [-0.15, -0.1) is 0 Å². The van der Waals surface area contributed by atoms with Gasteiger partial charge in [-0.2, -0.15) is 5.26 Å². The van der Waals surface area contributed by atoms with Crippen LogP contribution in [0.1, 0.15) is 25.7 Å². The van der Waals surface area contributed by atoms with Crippen LogP contribution in [0.3, 0.4) is 0 Å². The minimum Gasteiger partial charge on any atom is -0.493 e. The van der Waals surface area contributed by atoms with E-state index in [-0.39, 0.29) is 11.9 Å². The third kappa shape index (κ3) is 4.54. The summed E-state index contributed by atoms with van der Waals surface area (Å²) in [6.45, 7) is 1.39. The molecule has 1 atom stereocenters. The molecule has 5 nitrogen and oxygen atoms in total. The lowest BCUT2D eigenvalue weighted by Crippen LogP contribution is -2.39. The Kier molecular flexibility index (Phi) is 6.10. The van der Waals surface area contributed by atoms with E-state index in [9.17, 15) is 4.79 Å². The molecule has 1 heterocycles. The summed E-state index contributed by atoms with van der Waals surface area (Å²) in [5, 5.41) is 11.6. The molecular weight excluding hydrogens is 326 g/mol. The zero-order chi connectivity index (χ0) is 18.2. The zero-order valence-corrected chi connectivity index (χ0v) is 14.7. The van der Waals surface area contributed by atoms with E-state index in [2.05, 4.69) is 16.3 Å². The van der Waals surface area contributed by atoms with Crippen LogP contribution in [0.5, 0.6) is 5.75 Å². The first-order valence-electron chi connectivity index (χ1n) is 9.00. The Hall–Kier alpha value is -3.00. The lowest BCUT2D eigenvalue weighted by atomic mass is 10.2. The number of hydrogen-bond acceptors (Lipinski definition) is 4. The van der Waals surface area contributed by atoms with Crippen molar-refractivity contribution in [2.24, 2.45) is 0 Å². The van der Waals surface area contributed by atoms with Crippen molar-refractivity contribution in [3.63, 3.8) is 0 Å². The number of amides is 1. The number of ether oxygens (including phenoxy) is 1. The van der Waals surface area contributed by atoms with Crippen molar-refractivity contribution >= 4 is 17.3 Å². The summed E-state index contributed by atoms with van der Waals surface area (Å²) in [7, 11) is 0. The number of carbonyl (C=O) groups is 1. The molecule has 2 aromatic carbocycles. The van der Waals surface area contributed by atoms with Crippen LogP contribution in [0.4, 0.5) is 11.4 Å². The normalized spacial score (nSPS) is 16.1. The van der Waals surface area contributed by atoms with Gasteiger partial charge in [0, 0.05) is 30.4 Å². The lowest BCUT2D eigenvalue weighted by molar-refractivity contribution is -0.117. The molecule has 1 fully saturated rings. The van der Waals surface area contributed by atoms with Crippen molar-refractivity contribution in [2.75, 3.05) is 23.4 Å². The molecule has 2 aromatic rings. The number of carbonyl (C=O) groups excluding carboxylic acids is 1. The van der Waals surface area contributed by atoms with Gasteiger partial charge >= 0.3 is 0 Å². The molecule has 1 saturated heterocycles. The molecule has 0 aliphatic carbocycles. The topological polar surface area (TPSA) is 65.4 Å². The predicted octanol–water partition coefficient (Wildman–Crippen LogP) is 3.98. The summed E-state index contributed by atoms with van der Waals surface area (Å²) in [4.78, 5) is 14.9. The highest BCUT2D eigenvalue weighted by atomic mass is 16.5. The van der Waals surface area contributed by atoms with E-state index in [4.69, 9.17) is 10.00 Å². The van der Waals surface area contributed by atoms with Gasteiger partial charge < -0.3 is 15.0 Å². The van der Waals surface area contributed by atoms with Crippen molar-refractivity contribution in [3.8, 4) is 11.8 Å². The fourth-order valence-electron chi connectivity index (χ4n) is 3.20. The van der Waals surface area contributed by atoms with E-state index in [0.717, 1.165) is 30.8 Å². The third-order valence-electron chi connectivity index (χ3n) is 4.45. The summed E-state index contributed by atoms with van der Waals surface area (Å²) in [5.74, 6) is 0.708. The van der Waals surface area contributed by atoms with Crippen molar-refractivity contribution in [1.29, 1.82) is 5.26 Å². The number of para-hydroxylation sites is 1. The standard InChI is InChI=1S/C21H23N3O2/c22-13-4-5-15-26-19-11-6-8-17(16-19)23-21(25)20-12-7-14-24(20)18-9-2-1-3-10-18/h1-3,6,8-11,16,20H,4-5,7,12,14-15H2,(H,23,25)/t20-/m0/s1. The fourth-order valence-corrected chi connectivity index (χ4v) is 3.20. The first-order chi connectivity index (χ1) is 12.8. The average Bonchev–Trinajstić information content (AvgIpc) is 3.16. The number of nitrogens with one attached hydrogen (secondary N) is 1. The molecule has 1 N–H and O–H groups in total. The fraction of sp³-hybridized carbons (Fsp3) is 0.333. The van der Waals surface area contributed by atoms with Gasteiger partial charge in [-0.1, -0.05) is 24.3 Å². The van der Waals surface area contributed by atoms with Crippen LogP contribution < -0.4 is 15.0 Å². The van der Waals surface area contributed by atoms with Gasteiger partial charge in [-0.3, -0.25) is 4.79 Å². The molecule has 0 saturated carbocycles. The first kappa shape index (κ1) is 17.8. The SMILES string of the molecule is N#CCCCOc1cccc(NC(=O)[C@@H]2CCCN2c2ccccc2)c1. The second-order valence-corrected chi connectivity index (χ2v) is 6.31. The van der Waals surface area contributed by atoms with Crippen molar-refractivity contribution < 1.29 is 9.53 Å². The molecule has 3 rings (SSSR count). The number of unbranched alkanes of at least 4 members (excludes halogenated alkanes) is 1. The maximum atomic E-state index is 12.8. The highest BCUT2D eigenvalue weighted by molar-refractivity contribution is 5.97. The van der Waals surface area contributed by atoms with E-state index < -0.39 is 0 Å². The molecule has 1 aliphatic rings. The Balaban J connectivity index is 1.61. The summed E-state index contributed by atoms with van der Waals surface area (Å²) >= 11 is 0. The second kappa shape index (κ2) is 8.91. The molecule has 0 radical (unpaired) electrons. The first-order valence-corrected chi connectivity index (χ1v) is 9.00. The van der Waals surface area contributed by atoms with Gasteiger partial charge in [0.1, 0.15) is 11.8 Å². The third-order valence-corrected chi connectivity index (χ3v) is 4.45. The van der Waals surface area contributed by atoms with Gasteiger partial charge in [0.05, 0.1) is 12.7 Å². The molecule has 0 bridgehead atoms. The summed E-state index contributed by atoms with van der Waals surface area (Å²) in [6, 6.07) is 19.4. The summed E-state index contributed by atoms with van der Waals surface area (Å²) in [6.07, 6.45) is 3.04. The van der Waals surface area contributed by atoms with Gasteiger partial charge in [0.15, 0.2) is 0 Å². The number of anilines is 2. The summed E-state index contributed by atoms with van der Waals surface area (Å²) in [5.41, 5.74) is 1.81. The number of hydrogen-bond donors (Lipinski definition) is 1. The van der Waals surface area contributed by atoms with Gasteiger partial charge in [0.25, 0.3) is 0 Å². The number of nitrogens with zero attached hydrogens (tertiary/aromatic N) is 2. The van der Waals surface area contributed by atoms with Crippen LogP contribution in [0.25, 0.3) is 0 Å². The van der Waals surface area contributed by atoms with E-state index in [1.54, 1.807) is 0 Å². The zero-order valence-electron chi connectivity index (χ0n) is 14.7. The van der Waals surface area contributed by atoms with Crippen LogP contribution >= 0.6 is 0 Å². The smallest absolute Gasteiger partial charge is 0.247 e. The molecular formula is C21H23N3O2. The van der Waals surface area contributed by atoms with Crippen molar-refractivity contribution in [1.82, 2.24) is 0 Å². The quantitative estimate of drug-likeness (QED) is 0.768. The number of rotatable bonds is 7. The Morgan fingerprint density at radius 3 is 2.88 bits per heavy atom. The monoisotopic (exact) mass is 349 g/mol. The molecule has 5 heteroatoms. The molecule has 26 heavy (non-hydrogen) atoms. The van der Waals surface area contributed by atoms with Gasteiger partial charge in [-0.25, -0.2) is 0 Å². The molecule has 1 aliphatic heterocycles. The number of benzene rings is 2.